The Kier molecular flexibility index (Phi) is 3.42. The number of rotatable bonds is 1. The van der Waals surface area contributed by atoms with Crippen LogP contribution in [0, 0.1) is 3.57 Å². The highest BCUT2D eigenvalue weighted by Crippen LogP contribution is 2.08. The molecule has 0 aromatic heterocycles. The fourth-order valence-corrected chi connectivity index (χ4v) is 1.31. The molecule has 0 atom stereocenters. The summed E-state index contributed by atoms with van der Waals surface area (Å²) in [5.41, 5.74) is 1.22. The minimum absolute atomic E-state index is 1.22. The maximum atomic E-state index is 3.22. The van der Waals surface area contributed by atoms with E-state index in [1.54, 1.807) is 0 Å². The lowest BCUT2D eigenvalue weighted by Crippen LogP contribution is -1.71. The van der Waals surface area contributed by atoms with E-state index < -0.39 is 0 Å². The molecule has 0 saturated carbocycles. The Morgan fingerprint density at radius 2 is 1.80 bits per heavy atom. The summed E-state index contributed by atoms with van der Waals surface area (Å²) in [6, 6.07) is 8.34. The molecule has 1 rings (SSSR count). The molecule has 0 aliphatic carbocycles. The lowest BCUT2D eigenvalue weighted by atomic mass is 10.2. The van der Waals surface area contributed by atoms with Crippen molar-refractivity contribution in [1.29, 1.82) is 0 Å². The molecule has 52 valence electrons. The third kappa shape index (κ3) is 2.42. The molecular weight excluding hydrogens is 303 g/mol. The van der Waals surface area contributed by atoms with E-state index in [4.69, 9.17) is 0 Å². The fourth-order valence-electron chi connectivity index (χ4n) is 0.647. The Morgan fingerprint density at radius 1 is 1.20 bits per heavy atom. The standard InChI is InChI=1S/C8H6BrI/c9-6-5-7-1-3-8(10)4-2-7/h1-6H/b6-5+. The van der Waals surface area contributed by atoms with E-state index in [0.717, 1.165) is 0 Å². The average Bonchev–Trinajstić information content (AvgIpc) is 1.95. The van der Waals surface area contributed by atoms with Crippen molar-refractivity contribution >= 4 is 44.6 Å². The highest BCUT2D eigenvalue weighted by molar-refractivity contribution is 14.1. The highest BCUT2D eigenvalue weighted by Gasteiger charge is 1.84. The molecule has 0 radical (unpaired) electrons. The van der Waals surface area contributed by atoms with Gasteiger partial charge in [0.25, 0.3) is 0 Å². The van der Waals surface area contributed by atoms with Crippen LogP contribution in [0.1, 0.15) is 5.56 Å². The number of hydrogen-bond donors (Lipinski definition) is 0. The van der Waals surface area contributed by atoms with Crippen molar-refractivity contribution in [2.45, 2.75) is 0 Å². The van der Waals surface area contributed by atoms with E-state index in [-0.39, 0.29) is 0 Å². The van der Waals surface area contributed by atoms with Crippen molar-refractivity contribution in [2.24, 2.45) is 0 Å². The predicted octanol–water partition coefficient (Wildman–Crippen LogP) is 3.66. The Balaban J connectivity index is 2.89. The van der Waals surface area contributed by atoms with Crippen LogP contribution in [0.4, 0.5) is 0 Å². The zero-order valence-electron chi connectivity index (χ0n) is 5.22. The number of benzene rings is 1. The van der Waals surface area contributed by atoms with Crippen molar-refractivity contribution in [2.75, 3.05) is 0 Å². The maximum Gasteiger partial charge on any atom is 0.0130 e. The monoisotopic (exact) mass is 308 g/mol. The van der Waals surface area contributed by atoms with Gasteiger partial charge in [-0.3, -0.25) is 0 Å². The molecule has 0 unspecified atom stereocenters. The van der Waals surface area contributed by atoms with Gasteiger partial charge in [0, 0.05) is 3.57 Å². The van der Waals surface area contributed by atoms with Crippen LogP contribution in [0.5, 0.6) is 0 Å². The Morgan fingerprint density at radius 3 is 2.30 bits per heavy atom. The van der Waals surface area contributed by atoms with Gasteiger partial charge in [0.1, 0.15) is 0 Å². The van der Waals surface area contributed by atoms with Gasteiger partial charge in [-0.05, 0) is 51.3 Å². The number of halogens is 2. The van der Waals surface area contributed by atoms with Gasteiger partial charge in [-0.1, -0.05) is 28.1 Å². The summed E-state index contributed by atoms with van der Waals surface area (Å²) in [6.45, 7) is 0. The molecule has 0 saturated heterocycles. The van der Waals surface area contributed by atoms with Gasteiger partial charge in [0.05, 0.1) is 0 Å². The van der Waals surface area contributed by atoms with E-state index in [1.165, 1.54) is 9.13 Å². The summed E-state index contributed by atoms with van der Waals surface area (Å²) < 4.78 is 1.27. The number of hydrogen-bond acceptors (Lipinski definition) is 0. The first-order valence-electron chi connectivity index (χ1n) is 2.85. The zero-order chi connectivity index (χ0) is 7.40. The molecule has 10 heavy (non-hydrogen) atoms. The molecule has 0 fully saturated rings. The first-order chi connectivity index (χ1) is 4.83. The second-order valence-corrected chi connectivity index (χ2v) is 3.62. The molecule has 1 aromatic carbocycles. The quantitative estimate of drug-likeness (QED) is 0.695. The van der Waals surface area contributed by atoms with Crippen LogP contribution in [-0.2, 0) is 0 Å². The van der Waals surface area contributed by atoms with Gasteiger partial charge in [0.2, 0.25) is 0 Å². The van der Waals surface area contributed by atoms with Gasteiger partial charge in [-0.15, -0.1) is 0 Å². The van der Waals surface area contributed by atoms with E-state index in [0.29, 0.717) is 0 Å². The van der Waals surface area contributed by atoms with Gasteiger partial charge < -0.3 is 0 Å². The average molecular weight is 309 g/mol. The largest absolute Gasteiger partial charge is 0.0595 e. The lowest BCUT2D eigenvalue weighted by Gasteiger charge is -1.90. The zero-order valence-corrected chi connectivity index (χ0v) is 8.96. The highest BCUT2D eigenvalue weighted by atomic mass is 127. The molecule has 0 N–H and O–H groups in total. The van der Waals surface area contributed by atoms with Crippen LogP contribution in [0.3, 0.4) is 0 Å². The second-order valence-electron chi connectivity index (χ2n) is 1.84. The van der Waals surface area contributed by atoms with Crippen LogP contribution < -0.4 is 0 Å². The van der Waals surface area contributed by atoms with Crippen LogP contribution in [0.2, 0.25) is 0 Å². The van der Waals surface area contributed by atoms with E-state index in [9.17, 15) is 0 Å². The first-order valence-corrected chi connectivity index (χ1v) is 4.85. The van der Waals surface area contributed by atoms with Gasteiger partial charge in [0.15, 0.2) is 0 Å². The third-order valence-corrected chi connectivity index (χ3v) is 2.11. The second kappa shape index (κ2) is 4.13. The van der Waals surface area contributed by atoms with E-state index in [2.05, 4.69) is 62.8 Å². The molecule has 1 aromatic rings. The van der Waals surface area contributed by atoms with Gasteiger partial charge in [-0.2, -0.15) is 0 Å². The molecule has 0 heterocycles. The summed E-state index contributed by atoms with van der Waals surface area (Å²) >= 11 is 5.51. The van der Waals surface area contributed by atoms with Gasteiger partial charge >= 0.3 is 0 Å². The molecular formula is C8H6BrI. The predicted molar refractivity (Wildman–Crippen MR) is 57.1 cm³/mol. The molecule has 0 nitrogen and oxygen atoms in total. The summed E-state index contributed by atoms with van der Waals surface area (Å²) in [5, 5.41) is 0. The lowest BCUT2D eigenvalue weighted by molar-refractivity contribution is 1.61. The molecule has 0 aliphatic rings. The third-order valence-electron chi connectivity index (χ3n) is 1.13. The van der Waals surface area contributed by atoms with Crippen molar-refractivity contribution in [1.82, 2.24) is 0 Å². The summed E-state index contributed by atoms with van der Waals surface area (Å²) in [5.74, 6) is 0. The molecule has 0 bridgehead atoms. The smallest absolute Gasteiger partial charge is 0.0130 e. The van der Waals surface area contributed by atoms with E-state index in [1.807, 2.05) is 11.1 Å². The Bertz CT molecular complexity index is 226. The molecule has 0 spiro atoms. The van der Waals surface area contributed by atoms with Crippen molar-refractivity contribution < 1.29 is 0 Å². The molecule has 0 amide bonds. The Hall–Kier alpha value is 0.170. The summed E-state index contributed by atoms with van der Waals surface area (Å²) in [6.07, 6.45) is 2.01. The van der Waals surface area contributed by atoms with Crippen LogP contribution in [0.15, 0.2) is 29.3 Å². The summed E-state index contributed by atoms with van der Waals surface area (Å²) in [4.78, 5) is 1.86. The Labute approximate surface area is 82.6 Å². The van der Waals surface area contributed by atoms with E-state index >= 15 is 0 Å². The van der Waals surface area contributed by atoms with Gasteiger partial charge in [-0.25, -0.2) is 0 Å². The van der Waals surface area contributed by atoms with Crippen molar-refractivity contribution in [3.8, 4) is 0 Å². The molecule has 2 heteroatoms. The minimum atomic E-state index is 1.22. The SMILES string of the molecule is Br/C=C/c1ccc(I)cc1. The van der Waals surface area contributed by atoms with Crippen LogP contribution in [0.25, 0.3) is 6.08 Å². The topological polar surface area (TPSA) is 0 Å². The molecule has 0 aliphatic heterocycles. The first kappa shape index (κ1) is 8.27. The van der Waals surface area contributed by atoms with Crippen LogP contribution in [-0.4, -0.2) is 0 Å². The fraction of sp³-hybridized carbons (Fsp3) is 0. The minimum Gasteiger partial charge on any atom is -0.0595 e. The maximum absolute atomic E-state index is 3.22. The van der Waals surface area contributed by atoms with Crippen molar-refractivity contribution in [3.63, 3.8) is 0 Å². The normalized spacial score (nSPS) is 10.6. The van der Waals surface area contributed by atoms with Crippen LogP contribution >= 0.6 is 38.5 Å². The summed E-state index contributed by atoms with van der Waals surface area (Å²) in [7, 11) is 0. The van der Waals surface area contributed by atoms with Crippen molar-refractivity contribution in [3.05, 3.63) is 38.4 Å².